The van der Waals surface area contributed by atoms with Crippen LogP contribution in [0.3, 0.4) is 0 Å². The Bertz CT molecular complexity index is 3160. The van der Waals surface area contributed by atoms with Gasteiger partial charge in [-0.1, -0.05) is 164 Å². The number of hydrogen-bond donors (Lipinski definition) is 0. The Balaban J connectivity index is 1.07. The second kappa shape index (κ2) is 13.7. The van der Waals surface area contributed by atoms with Gasteiger partial charge in [-0.3, -0.25) is 0 Å². The van der Waals surface area contributed by atoms with Crippen LogP contribution in [0.4, 0.5) is 0 Å². The average Bonchev–Trinajstić information content (AvgIpc) is 3.68. The molecule has 0 saturated carbocycles. The molecule has 2 heterocycles. The normalized spacial score (nSPS) is 12.5. The third-order valence-corrected chi connectivity index (χ3v) is 11.2. The molecule has 1 aliphatic carbocycles. The van der Waals surface area contributed by atoms with E-state index in [9.17, 15) is 0 Å². The van der Waals surface area contributed by atoms with Crippen molar-refractivity contribution in [1.82, 2.24) is 15.0 Å². The molecule has 57 heavy (non-hydrogen) atoms. The highest BCUT2D eigenvalue weighted by atomic mass is 16.3. The van der Waals surface area contributed by atoms with Crippen LogP contribution in [0.25, 0.3) is 94.7 Å². The molecule has 10 aromatic rings. The lowest BCUT2D eigenvalue weighted by atomic mass is 9.87. The largest absolute Gasteiger partial charge is 0.455 e. The van der Waals surface area contributed by atoms with Crippen LogP contribution in [0.15, 0.2) is 192 Å². The maximum Gasteiger partial charge on any atom is 0.164 e. The third-order valence-electron chi connectivity index (χ3n) is 11.2. The van der Waals surface area contributed by atoms with Gasteiger partial charge in [-0.2, -0.15) is 0 Å². The van der Waals surface area contributed by atoms with Crippen LogP contribution in [0.1, 0.15) is 23.1 Å². The number of hydrogen-bond acceptors (Lipinski definition) is 4. The molecular weight excluding hydrogens is 695 g/mol. The highest BCUT2D eigenvalue weighted by Gasteiger charge is 2.21. The molecule has 0 spiro atoms. The minimum Gasteiger partial charge on any atom is -0.455 e. The lowest BCUT2D eigenvalue weighted by molar-refractivity contribution is 0.670. The minimum atomic E-state index is 0.596. The summed E-state index contributed by atoms with van der Waals surface area (Å²) in [5.74, 6) is 1.84. The summed E-state index contributed by atoms with van der Waals surface area (Å²) >= 11 is 0. The predicted octanol–water partition coefficient (Wildman–Crippen LogP) is 13.6. The number of rotatable bonds is 6. The summed E-state index contributed by atoms with van der Waals surface area (Å²) in [5, 5.41) is 4.30. The summed E-state index contributed by atoms with van der Waals surface area (Å²) in [6.45, 7) is 0. The number of aryl methyl sites for hydroxylation is 1. The first-order valence-corrected chi connectivity index (χ1v) is 19.5. The van der Waals surface area contributed by atoms with Gasteiger partial charge >= 0.3 is 0 Å². The SMILES string of the molecule is C1=C(c2ccc(-c3nc(-c4ccc5ccccc5c4)nc(-c4ccc(-c5ccc(-c6ccccc6)cc5)c5oc6ccccc6c45)n3)cc2)c2ccccc2CC1. The van der Waals surface area contributed by atoms with E-state index in [1.807, 2.05) is 18.2 Å². The molecule has 0 atom stereocenters. The third kappa shape index (κ3) is 5.90. The predicted molar refractivity (Wildman–Crippen MR) is 234 cm³/mol. The average molecular weight is 730 g/mol. The van der Waals surface area contributed by atoms with E-state index in [0.29, 0.717) is 17.5 Å². The van der Waals surface area contributed by atoms with E-state index in [0.717, 1.165) is 68.0 Å². The molecule has 0 aliphatic heterocycles. The summed E-state index contributed by atoms with van der Waals surface area (Å²) in [6, 6.07) is 63.9. The van der Waals surface area contributed by atoms with Crippen LogP contribution >= 0.6 is 0 Å². The molecule has 11 rings (SSSR count). The van der Waals surface area contributed by atoms with E-state index >= 15 is 0 Å². The summed E-state index contributed by atoms with van der Waals surface area (Å²) in [4.78, 5) is 15.6. The molecule has 0 unspecified atom stereocenters. The second-order valence-corrected chi connectivity index (χ2v) is 14.7. The van der Waals surface area contributed by atoms with E-state index in [1.54, 1.807) is 0 Å². The van der Waals surface area contributed by atoms with E-state index in [2.05, 4.69) is 170 Å². The molecule has 0 radical (unpaired) electrons. The van der Waals surface area contributed by atoms with Crippen molar-refractivity contribution in [3.05, 3.63) is 205 Å². The zero-order valence-electron chi connectivity index (χ0n) is 31.1. The summed E-state index contributed by atoms with van der Waals surface area (Å²) in [6.07, 6.45) is 4.47. The summed E-state index contributed by atoms with van der Waals surface area (Å²) in [7, 11) is 0. The van der Waals surface area contributed by atoms with Crippen molar-refractivity contribution in [3.8, 4) is 56.4 Å². The van der Waals surface area contributed by atoms with Crippen LogP contribution in [0.5, 0.6) is 0 Å². The number of para-hydroxylation sites is 1. The van der Waals surface area contributed by atoms with Gasteiger partial charge < -0.3 is 4.42 Å². The highest BCUT2D eigenvalue weighted by Crippen LogP contribution is 2.42. The topological polar surface area (TPSA) is 51.8 Å². The molecule has 4 nitrogen and oxygen atoms in total. The van der Waals surface area contributed by atoms with Gasteiger partial charge in [0.2, 0.25) is 0 Å². The lowest BCUT2D eigenvalue weighted by Crippen LogP contribution is -2.02. The Morgan fingerprint density at radius 1 is 0.404 bits per heavy atom. The first-order chi connectivity index (χ1) is 28.2. The van der Waals surface area contributed by atoms with Crippen molar-refractivity contribution in [2.45, 2.75) is 12.8 Å². The Morgan fingerprint density at radius 2 is 1.02 bits per heavy atom. The number of benzene rings is 8. The number of fused-ring (bicyclic) bond motifs is 5. The van der Waals surface area contributed by atoms with Crippen LogP contribution in [-0.2, 0) is 6.42 Å². The van der Waals surface area contributed by atoms with Gasteiger partial charge in [-0.25, -0.2) is 15.0 Å². The number of nitrogens with zero attached hydrogens (tertiary/aromatic N) is 3. The smallest absolute Gasteiger partial charge is 0.164 e. The van der Waals surface area contributed by atoms with Crippen molar-refractivity contribution in [1.29, 1.82) is 0 Å². The van der Waals surface area contributed by atoms with Gasteiger partial charge in [-0.15, -0.1) is 0 Å². The van der Waals surface area contributed by atoms with Crippen molar-refractivity contribution in [3.63, 3.8) is 0 Å². The molecule has 0 bridgehead atoms. The molecule has 0 amide bonds. The zero-order valence-corrected chi connectivity index (χ0v) is 31.1. The van der Waals surface area contributed by atoms with Gasteiger partial charge in [0.05, 0.1) is 0 Å². The number of furan rings is 1. The van der Waals surface area contributed by atoms with Crippen molar-refractivity contribution in [2.24, 2.45) is 0 Å². The Labute approximate surface area is 330 Å². The molecular formula is C53H35N3O. The molecule has 8 aromatic carbocycles. The molecule has 0 fully saturated rings. The molecule has 4 heteroatoms. The standard InChI is InChI=1S/C53H35N3O/c1-2-11-34(12-3-1)36-21-24-39(25-22-36)45-31-32-47(49-46-18-8-9-20-48(46)57-50(45)49)53-55-51(54-52(56-53)42-30-23-35-13-4-5-15-41(35)33-42)40-28-26-38(27-29-40)44-19-10-16-37-14-6-7-17-43(37)44/h1-9,11-15,17-33H,10,16H2. The molecule has 0 saturated heterocycles. The van der Waals surface area contributed by atoms with E-state index < -0.39 is 0 Å². The first kappa shape index (κ1) is 33.0. The van der Waals surface area contributed by atoms with E-state index in [1.165, 1.54) is 38.8 Å². The van der Waals surface area contributed by atoms with Crippen molar-refractivity contribution in [2.75, 3.05) is 0 Å². The fraction of sp³-hybridized carbons (Fsp3) is 0.0377. The molecule has 268 valence electrons. The Kier molecular flexibility index (Phi) is 7.92. The van der Waals surface area contributed by atoms with Gasteiger partial charge in [0, 0.05) is 33.0 Å². The van der Waals surface area contributed by atoms with Crippen LogP contribution in [-0.4, -0.2) is 15.0 Å². The molecule has 0 N–H and O–H groups in total. The molecule has 2 aromatic heterocycles. The Hall–Kier alpha value is -7.43. The van der Waals surface area contributed by atoms with Gasteiger partial charge in [0.25, 0.3) is 0 Å². The Morgan fingerprint density at radius 3 is 1.88 bits per heavy atom. The fourth-order valence-corrected chi connectivity index (χ4v) is 8.35. The summed E-state index contributed by atoms with van der Waals surface area (Å²) in [5.41, 5.74) is 14.0. The fourth-order valence-electron chi connectivity index (χ4n) is 8.35. The highest BCUT2D eigenvalue weighted by molar-refractivity contribution is 6.15. The van der Waals surface area contributed by atoms with Crippen LogP contribution < -0.4 is 0 Å². The number of allylic oxidation sites excluding steroid dienone is 1. The maximum absolute atomic E-state index is 6.71. The minimum absolute atomic E-state index is 0.596. The van der Waals surface area contributed by atoms with E-state index in [4.69, 9.17) is 19.4 Å². The second-order valence-electron chi connectivity index (χ2n) is 14.7. The van der Waals surface area contributed by atoms with Crippen LogP contribution in [0.2, 0.25) is 0 Å². The van der Waals surface area contributed by atoms with Gasteiger partial charge in [0.1, 0.15) is 11.2 Å². The van der Waals surface area contributed by atoms with Crippen molar-refractivity contribution < 1.29 is 4.42 Å². The van der Waals surface area contributed by atoms with Crippen molar-refractivity contribution >= 4 is 38.3 Å². The monoisotopic (exact) mass is 729 g/mol. The lowest BCUT2D eigenvalue weighted by Gasteiger charge is -2.18. The van der Waals surface area contributed by atoms with Gasteiger partial charge in [0.15, 0.2) is 17.5 Å². The summed E-state index contributed by atoms with van der Waals surface area (Å²) < 4.78 is 6.71. The van der Waals surface area contributed by atoms with Gasteiger partial charge in [-0.05, 0) is 86.8 Å². The van der Waals surface area contributed by atoms with Crippen LogP contribution in [0, 0.1) is 0 Å². The first-order valence-electron chi connectivity index (χ1n) is 19.5. The zero-order chi connectivity index (χ0) is 37.7. The van der Waals surface area contributed by atoms with E-state index in [-0.39, 0.29) is 0 Å². The number of aromatic nitrogens is 3. The molecule has 1 aliphatic rings. The quantitative estimate of drug-likeness (QED) is 0.171. The maximum atomic E-state index is 6.71.